The Kier molecular flexibility index (Phi) is 6.04. The quantitative estimate of drug-likeness (QED) is 0.587. The Balaban J connectivity index is 2.42. The van der Waals surface area contributed by atoms with Crippen molar-refractivity contribution in [1.29, 1.82) is 0 Å². The van der Waals surface area contributed by atoms with Gasteiger partial charge in [0.1, 0.15) is 0 Å². The summed E-state index contributed by atoms with van der Waals surface area (Å²) in [6, 6.07) is 7.50. The molecule has 0 spiro atoms. The van der Waals surface area contributed by atoms with E-state index in [1.807, 2.05) is 54.8 Å². The molecule has 6 nitrogen and oxygen atoms in total. The number of hydrogen-bond donors (Lipinski definition) is 0. The van der Waals surface area contributed by atoms with Crippen molar-refractivity contribution >= 4 is 29.3 Å². The van der Waals surface area contributed by atoms with Gasteiger partial charge in [0.25, 0.3) is 0 Å². The Labute approximate surface area is 144 Å². The molecule has 0 unspecified atom stereocenters. The highest BCUT2D eigenvalue weighted by Gasteiger charge is 2.21. The van der Waals surface area contributed by atoms with Crippen molar-refractivity contribution in [3.05, 3.63) is 35.1 Å². The summed E-state index contributed by atoms with van der Waals surface area (Å²) in [4.78, 5) is 13.4. The lowest BCUT2D eigenvalue weighted by Crippen LogP contribution is -2.20. The molecular formula is C15H19ClN4O2S. The molecular weight excluding hydrogens is 336 g/mol. The predicted octanol–water partition coefficient (Wildman–Crippen LogP) is 2.81. The van der Waals surface area contributed by atoms with E-state index < -0.39 is 0 Å². The normalized spacial score (nSPS) is 12.4. The van der Waals surface area contributed by atoms with Gasteiger partial charge in [-0.2, -0.15) is 0 Å². The largest absolute Gasteiger partial charge is 0.468 e. The fourth-order valence-electron chi connectivity index (χ4n) is 1.89. The van der Waals surface area contributed by atoms with Gasteiger partial charge in [0, 0.05) is 10.7 Å². The standard InChI is InChI=1S/C15H19ClN4O2S/c1-10(19(2)3)14-17-18-15(23-9-13(21)22-4)20(14)12-7-5-11(16)6-8-12/h5-8,10H,9H2,1-4H3/t10-/m1/s1. The zero-order valence-electron chi connectivity index (χ0n) is 13.5. The fourth-order valence-corrected chi connectivity index (χ4v) is 2.81. The van der Waals surface area contributed by atoms with Gasteiger partial charge in [0.05, 0.1) is 18.9 Å². The first-order chi connectivity index (χ1) is 10.9. The molecule has 0 aliphatic heterocycles. The molecule has 23 heavy (non-hydrogen) atoms. The number of halogens is 1. The molecule has 0 N–H and O–H groups in total. The third kappa shape index (κ3) is 4.25. The molecule has 0 saturated carbocycles. The lowest BCUT2D eigenvalue weighted by molar-refractivity contribution is -0.137. The van der Waals surface area contributed by atoms with E-state index in [0.29, 0.717) is 10.2 Å². The van der Waals surface area contributed by atoms with Gasteiger partial charge in [-0.15, -0.1) is 10.2 Å². The van der Waals surface area contributed by atoms with Gasteiger partial charge in [-0.05, 0) is 45.3 Å². The van der Waals surface area contributed by atoms with Crippen molar-refractivity contribution in [3.8, 4) is 5.69 Å². The van der Waals surface area contributed by atoms with Crippen LogP contribution in [-0.2, 0) is 9.53 Å². The molecule has 2 rings (SSSR count). The van der Waals surface area contributed by atoms with Crippen LogP contribution in [0.3, 0.4) is 0 Å². The van der Waals surface area contributed by atoms with Crippen molar-refractivity contribution in [2.45, 2.75) is 18.1 Å². The van der Waals surface area contributed by atoms with Crippen LogP contribution < -0.4 is 0 Å². The maximum absolute atomic E-state index is 11.4. The molecule has 124 valence electrons. The van der Waals surface area contributed by atoms with Gasteiger partial charge in [0.2, 0.25) is 0 Å². The molecule has 1 aromatic heterocycles. The first-order valence-electron chi connectivity index (χ1n) is 7.01. The molecule has 0 fully saturated rings. The van der Waals surface area contributed by atoms with Crippen LogP contribution in [-0.4, -0.2) is 52.6 Å². The van der Waals surface area contributed by atoms with Crippen LogP contribution in [0.15, 0.2) is 29.4 Å². The summed E-state index contributed by atoms with van der Waals surface area (Å²) in [6.07, 6.45) is 0. The number of thioether (sulfide) groups is 1. The van der Waals surface area contributed by atoms with E-state index in [9.17, 15) is 4.79 Å². The number of ether oxygens (including phenoxy) is 1. The van der Waals surface area contributed by atoms with Crippen LogP contribution in [0.2, 0.25) is 5.02 Å². The Morgan fingerprint density at radius 2 is 2.00 bits per heavy atom. The second-order valence-corrected chi connectivity index (χ2v) is 6.54. The minimum absolute atomic E-state index is 0.0608. The minimum atomic E-state index is -0.303. The Hall–Kier alpha value is -1.57. The number of carbonyl (C=O) groups is 1. The SMILES string of the molecule is COC(=O)CSc1nnc([C@@H](C)N(C)C)n1-c1ccc(Cl)cc1. The number of benzene rings is 1. The van der Waals surface area contributed by atoms with Crippen molar-refractivity contribution in [2.24, 2.45) is 0 Å². The van der Waals surface area contributed by atoms with Crippen LogP contribution >= 0.6 is 23.4 Å². The first kappa shape index (κ1) is 17.8. The summed E-state index contributed by atoms with van der Waals surface area (Å²) < 4.78 is 6.62. The van der Waals surface area contributed by atoms with E-state index in [4.69, 9.17) is 11.6 Å². The minimum Gasteiger partial charge on any atom is -0.468 e. The smallest absolute Gasteiger partial charge is 0.316 e. The summed E-state index contributed by atoms with van der Waals surface area (Å²) in [6.45, 7) is 2.05. The Morgan fingerprint density at radius 3 is 2.57 bits per heavy atom. The average Bonchev–Trinajstić information content (AvgIpc) is 2.96. The van der Waals surface area contributed by atoms with Gasteiger partial charge in [-0.3, -0.25) is 14.3 Å². The van der Waals surface area contributed by atoms with Crippen LogP contribution in [0.25, 0.3) is 5.69 Å². The summed E-state index contributed by atoms with van der Waals surface area (Å²) in [5.41, 5.74) is 0.899. The van der Waals surface area contributed by atoms with Crippen molar-refractivity contribution in [3.63, 3.8) is 0 Å². The van der Waals surface area contributed by atoms with Gasteiger partial charge in [-0.25, -0.2) is 0 Å². The highest BCUT2D eigenvalue weighted by molar-refractivity contribution is 7.99. The van der Waals surface area contributed by atoms with Crippen LogP contribution in [0.1, 0.15) is 18.8 Å². The Morgan fingerprint density at radius 1 is 1.35 bits per heavy atom. The molecule has 1 heterocycles. The summed E-state index contributed by atoms with van der Waals surface area (Å²) in [5, 5.41) is 9.84. The van der Waals surface area contributed by atoms with E-state index in [2.05, 4.69) is 14.9 Å². The zero-order valence-corrected chi connectivity index (χ0v) is 15.1. The van der Waals surface area contributed by atoms with Crippen LogP contribution in [0.4, 0.5) is 0 Å². The fraction of sp³-hybridized carbons (Fsp3) is 0.400. The molecule has 0 bridgehead atoms. The first-order valence-corrected chi connectivity index (χ1v) is 8.37. The maximum atomic E-state index is 11.4. The molecule has 0 saturated heterocycles. The maximum Gasteiger partial charge on any atom is 0.316 e. The van der Waals surface area contributed by atoms with E-state index in [1.54, 1.807) is 0 Å². The van der Waals surface area contributed by atoms with E-state index in [0.717, 1.165) is 11.5 Å². The molecule has 0 amide bonds. The van der Waals surface area contributed by atoms with Gasteiger partial charge >= 0.3 is 5.97 Å². The lowest BCUT2D eigenvalue weighted by Gasteiger charge is -2.20. The molecule has 1 aromatic carbocycles. The van der Waals surface area contributed by atoms with E-state index in [-0.39, 0.29) is 17.8 Å². The van der Waals surface area contributed by atoms with Crippen LogP contribution in [0.5, 0.6) is 0 Å². The average molecular weight is 355 g/mol. The number of aromatic nitrogens is 3. The molecule has 1 atom stereocenters. The van der Waals surface area contributed by atoms with Crippen molar-refractivity contribution < 1.29 is 9.53 Å². The lowest BCUT2D eigenvalue weighted by atomic mass is 10.2. The second kappa shape index (κ2) is 7.81. The van der Waals surface area contributed by atoms with Crippen molar-refractivity contribution in [2.75, 3.05) is 27.0 Å². The summed E-state index contributed by atoms with van der Waals surface area (Å²) >= 11 is 7.26. The molecule has 8 heteroatoms. The van der Waals surface area contributed by atoms with Crippen LogP contribution in [0, 0.1) is 0 Å². The highest BCUT2D eigenvalue weighted by atomic mass is 35.5. The molecule has 2 aromatic rings. The Bertz CT molecular complexity index is 673. The van der Waals surface area contributed by atoms with Gasteiger partial charge < -0.3 is 4.74 Å². The monoisotopic (exact) mass is 354 g/mol. The van der Waals surface area contributed by atoms with Gasteiger partial charge in [-0.1, -0.05) is 23.4 Å². The topological polar surface area (TPSA) is 60.2 Å². The second-order valence-electron chi connectivity index (χ2n) is 5.16. The highest BCUT2D eigenvalue weighted by Crippen LogP contribution is 2.27. The summed E-state index contributed by atoms with van der Waals surface area (Å²) in [5.74, 6) is 0.672. The third-order valence-electron chi connectivity index (χ3n) is 3.44. The van der Waals surface area contributed by atoms with E-state index in [1.165, 1.54) is 18.9 Å². The number of methoxy groups -OCH3 is 1. The predicted molar refractivity (Wildman–Crippen MR) is 91.2 cm³/mol. The number of esters is 1. The third-order valence-corrected chi connectivity index (χ3v) is 4.59. The number of carbonyl (C=O) groups excluding carboxylic acids is 1. The molecule has 0 aliphatic carbocycles. The summed E-state index contributed by atoms with van der Waals surface area (Å²) in [7, 11) is 5.33. The number of hydrogen-bond acceptors (Lipinski definition) is 6. The molecule has 0 aliphatic rings. The van der Waals surface area contributed by atoms with Crippen molar-refractivity contribution in [1.82, 2.24) is 19.7 Å². The van der Waals surface area contributed by atoms with E-state index >= 15 is 0 Å². The number of rotatable bonds is 6. The van der Waals surface area contributed by atoms with Gasteiger partial charge in [0.15, 0.2) is 11.0 Å². The number of nitrogens with zero attached hydrogens (tertiary/aromatic N) is 4. The zero-order chi connectivity index (χ0) is 17.0. The molecule has 0 radical (unpaired) electrons.